The molecule has 0 radical (unpaired) electrons. The zero-order valence-electron chi connectivity index (χ0n) is 15.4. The molecule has 2 aromatic rings. The molecule has 1 heteroatoms. The predicted octanol–water partition coefficient (Wildman–Crippen LogP) is 5.90. The Bertz CT molecular complexity index is 601. The Morgan fingerprint density at radius 3 is 1.40 bits per heavy atom. The third-order valence-corrected chi connectivity index (χ3v) is 6.93. The molecule has 0 saturated heterocycles. The Morgan fingerprint density at radius 1 is 0.720 bits per heavy atom. The van der Waals surface area contributed by atoms with Crippen LogP contribution in [0, 0.1) is 23.2 Å². The summed E-state index contributed by atoms with van der Waals surface area (Å²) >= 11 is 0. The zero-order valence-corrected chi connectivity index (χ0v) is 15.4. The van der Waals surface area contributed by atoms with Crippen molar-refractivity contribution in [1.82, 2.24) is 0 Å². The molecular formula is C24H31N. The Hall–Kier alpha value is -1.60. The third-order valence-electron chi connectivity index (χ3n) is 6.93. The molecule has 4 fully saturated rings. The van der Waals surface area contributed by atoms with Crippen LogP contribution in [0.1, 0.15) is 45.4 Å². The third kappa shape index (κ3) is 3.53. The number of rotatable bonds is 2. The molecule has 25 heavy (non-hydrogen) atoms. The summed E-state index contributed by atoms with van der Waals surface area (Å²) in [6.45, 7) is 2.24. The van der Waals surface area contributed by atoms with Crippen LogP contribution < -0.4 is 5.73 Å². The second-order valence-electron chi connectivity index (χ2n) is 8.80. The number of nitrogens with two attached hydrogens (primary N) is 1. The quantitative estimate of drug-likeness (QED) is 0.727. The summed E-state index contributed by atoms with van der Waals surface area (Å²) < 4.78 is 0. The Labute approximate surface area is 152 Å². The van der Waals surface area contributed by atoms with Gasteiger partial charge in [-0.1, -0.05) is 60.7 Å². The Kier molecular flexibility index (Phi) is 4.69. The second-order valence-corrected chi connectivity index (χ2v) is 8.80. The van der Waals surface area contributed by atoms with Gasteiger partial charge in [0.1, 0.15) is 0 Å². The van der Waals surface area contributed by atoms with Gasteiger partial charge in [-0.15, -0.1) is 0 Å². The molecular weight excluding hydrogens is 302 g/mol. The van der Waals surface area contributed by atoms with E-state index in [4.69, 9.17) is 5.73 Å². The molecule has 2 N–H and O–H groups in total. The first kappa shape index (κ1) is 16.8. The highest BCUT2D eigenvalue weighted by atomic mass is 14.7. The van der Waals surface area contributed by atoms with Crippen LogP contribution in [0.15, 0.2) is 60.7 Å². The van der Waals surface area contributed by atoms with Crippen LogP contribution in [0.2, 0.25) is 0 Å². The molecule has 132 valence electrons. The van der Waals surface area contributed by atoms with E-state index in [0.717, 1.165) is 17.8 Å². The minimum atomic E-state index is 0.445. The van der Waals surface area contributed by atoms with Crippen molar-refractivity contribution in [1.29, 1.82) is 0 Å². The van der Waals surface area contributed by atoms with Crippen molar-refractivity contribution in [2.45, 2.75) is 51.5 Å². The maximum absolute atomic E-state index is 6.19. The van der Waals surface area contributed by atoms with Crippen LogP contribution in [0.5, 0.6) is 0 Å². The largest absolute Gasteiger partial charge is 0.327 e. The van der Waals surface area contributed by atoms with Crippen molar-refractivity contribution in [3.63, 3.8) is 0 Å². The van der Waals surface area contributed by atoms with Crippen LogP contribution in [0.3, 0.4) is 0 Å². The Morgan fingerprint density at radius 2 is 1.08 bits per heavy atom. The highest BCUT2D eigenvalue weighted by Crippen LogP contribution is 2.60. The molecule has 0 heterocycles. The molecule has 0 aliphatic heterocycles. The zero-order chi connectivity index (χ0) is 17.3. The average molecular weight is 334 g/mol. The normalized spacial score (nSPS) is 33.4. The van der Waals surface area contributed by atoms with Gasteiger partial charge < -0.3 is 5.73 Å². The van der Waals surface area contributed by atoms with E-state index >= 15 is 0 Å². The highest BCUT2D eigenvalue weighted by molar-refractivity contribution is 5.62. The SMILES string of the molecule is CC(N)C12CC3CC(CC(C3)C1)C2.c1ccc(-c2ccccc2)cc1. The van der Waals surface area contributed by atoms with Gasteiger partial charge in [-0.25, -0.2) is 0 Å². The van der Waals surface area contributed by atoms with Gasteiger partial charge in [0, 0.05) is 6.04 Å². The van der Waals surface area contributed by atoms with Gasteiger partial charge in [0.25, 0.3) is 0 Å². The molecule has 6 rings (SSSR count). The molecule has 2 aromatic carbocycles. The van der Waals surface area contributed by atoms with E-state index in [2.05, 4.69) is 55.5 Å². The van der Waals surface area contributed by atoms with Crippen molar-refractivity contribution in [2.75, 3.05) is 0 Å². The average Bonchev–Trinajstić information content (AvgIpc) is 2.63. The Balaban J connectivity index is 0.000000126. The minimum absolute atomic E-state index is 0.445. The van der Waals surface area contributed by atoms with E-state index in [1.54, 1.807) is 0 Å². The first-order chi connectivity index (χ1) is 12.1. The first-order valence-electron chi connectivity index (χ1n) is 10.0. The fraction of sp³-hybridized carbons (Fsp3) is 0.500. The molecule has 0 spiro atoms. The molecule has 1 atom stereocenters. The van der Waals surface area contributed by atoms with E-state index in [-0.39, 0.29) is 0 Å². The van der Waals surface area contributed by atoms with Crippen LogP contribution in [0.25, 0.3) is 11.1 Å². The monoisotopic (exact) mass is 333 g/mol. The van der Waals surface area contributed by atoms with Crippen molar-refractivity contribution < 1.29 is 0 Å². The van der Waals surface area contributed by atoms with Gasteiger partial charge in [0.2, 0.25) is 0 Å². The topological polar surface area (TPSA) is 26.0 Å². The number of benzene rings is 2. The summed E-state index contributed by atoms with van der Waals surface area (Å²) in [5.41, 5.74) is 9.32. The molecule has 4 aliphatic carbocycles. The van der Waals surface area contributed by atoms with Gasteiger partial charge in [-0.05, 0) is 79.7 Å². The molecule has 0 aromatic heterocycles. The van der Waals surface area contributed by atoms with E-state index in [1.165, 1.54) is 49.7 Å². The maximum Gasteiger partial charge on any atom is 0.00673 e. The van der Waals surface area contributed by atoms with Crippen molar-refractivity contribution in [2.24, 2.45) is 28.9 Å². The molecule has 1 nitrogen and oxygen atoms in total. The molecule has 1 unspecified atom stereocenters. The molecule has 4 aliphatic rings. The van der Waals surface area contributed by atoms with E-state index in [0.29, 0.717) is 11.5 Å². The summed E-state index contributed by atoms with van der Waals surface area (Å²) in [4.78, 5) is 0. The summed E-state index contributed by atoms with van der Waals surface area (Å²) in [6.07, 6.45) is 8.97. The fourth-order valence-electron chi connectivity index (χ4n) is 6.00. The lowest BCUT2D eigenvalue weighted by atomic mass is 9.48. The van der Waals surface area contributed by atoms with Crippen molar-refractivity contribution in [3.8, 4) is 11.1 Å². The van der Waals surface area contributed by atoms with Gasteiger partial charge in [-0.2, -0.15) is 0 Å². The lowest BCUT2D eigenvalue weighted by molar-refractivity contribution is -0.0637. The van der Waals surface area contributed by atoms with E-state index in [9.17, 15) is 0 Å². The van der Waals surface area contributed by atoms with Crippen LogP contribution in [0.4, 0.5) is 0 Å². The maximum atomic E-state index is 6.19. The first-order valence-corrected chi connectivity index (χ1v) is 10.0. The molecule has 0 amide bonds. The minimum Gasteiger partial charge on any atom is -0.327 e. The summed E-state index contributed by atoms with van der Waals surface area (Å²) in [6, 6.07) is 21.2. The van der Waals surface area contributed by atoms with Crippen molar-refractivity contribution >= 4 is 0 Å². The molecule has 4 bridgehead atoms. The lowest BCUT2D eigenvalue weighted by Gasteiger charge is -2.58. The second kappa shape index (κ2) is 6.96. The van der Waals surface area contributed by atoms with Gasteiger partial charge in [-0.3, -0.25) is 0 Å². The van der Waals surface area contributed by atoms with Gasteiger partial charge >= 0.3 is 0 Å². The lowest BCUT2D eigenvalue weighted by Crippen LogP contribution is -2.53. The van der Waals surface area contributed by atoms with E-state index < -0.39 is 0 Å². The van der Waals surface area contributed by atoms with Crippen LogP contribution in [-0.4, -0.2) is 6.04 Å². The van der Waals surface area contributed by atoms with Crippen molar-refractivity contribution in [3.05, 3.63) is 60.7 Å². The predicted molar refractivity (Wildman–Crippen MR) is 106 cm³/mol. The van der Waals surface area contributed by atoms with Gasteiger partial charge in [0.15, 0.2) is 0 Å². The highest BCUT2D eigenvalue weighted by Gasteiger charge is 2.52. The smallest absolute Gasteiger partial charge is 0.00673 e. The van der Waals surface area contributed by atoms with Crippen LogP contribution in [-0.2, 0) is 0 Å². The van der Waals surface area contributed by atoms with E-state index in [1.807, 2.05) is 12.1 Å². The summed E-state index contributed by atoms with van der Waals surface area (Å²) in [5.74, 6) is 3.16. The van der Waals surface area contributed by atoms with Crippen LogP contribution >= 0.6 is 0 Å². The summed E-state index contributed by atoms with van der Waals surface area (Å²) in [5, 5.41) is 0. The fourth-order valence-corrected chi connectivity index (χ4v) is 6.00. The standard InChI is InChI=1S/C12H21N.C12H10/c1-8(13)12-5-9-2-10(6-12)4-11(3-9)7-12;1-3-7-11(8-4-1)12-9-5-2-6-10-12/h8-11H,2-7,13H2,1H3;1-10H. The summed E-state index contributed by atoms with van der Waals surface area (Å²) in [7, 11) is 0. The van der Waals surface area contributed by atoms with Gasteiger partial charge in [0.05, 0.1) is 0 Å². The number of hydrogen-bond acceptors (Lipinski definition) is 1. The number of hydrogen-bond donors (Lipinski definition) is 1. The molecule has 4 saturated carbocycles.